The summed E-state index contributed by atoms with van der Waals surface area (Å²) in [6, 6.07) is 0. The average molecular weight is 429 g/mol. The molecule has 3 aliphatic rings. The predicted octanol–water partition coefficient (Wildman–Crippen LogP) is -2.58. The highest BCUT2D eigenvalue weighted by Gasteiger charge is 2.24. The van der Waals surface area contributed by atoms with Gasteiger partial charge in [-0.3, -0.25) is 0 Å². The minimum Gasteiger partial charge on any atom is -0.377 e. The maximum atomic E-state index is 12.8. The number of hydrogen-bond acceptors (Lipinski definition) is 9. The van der Waals surface area contributed by atoms with Gasteiger partial charge in [0, 0.05) is 0 Å². The van der Waals surface area contributed by atoms with Crippen molar-refractivity contribution in [1.82, 2.24) is 13.7 Å². The molecule has 0 bridgehead atoms. The SMILES string of the molecule is O=c1n(CCOCC2CO2)c(=O)n(CCOC[C@@H]2CO2)c(=O)n1CCOCC1CO1. The lowest BCUT2D eigenvalue weighted by molar-refractivity contribution is 0.0974. The number of nitrogens with zero attached hydrogens (tertiary/aromatic N) is 3. The lowest BCUT2D eigenvalue weighted by atomic mass is 10.5. The second-order valence-electron chi connectivity index (χ2n) is 7.39. The zero-order chi connectivity index (χ0) is 20.9. The van der Waals surface area contributed by atoms with E-state index in [9.17, 15) is 14.4 Å². The summed E-state index contributed by atoms with van der Waals surface area (Å²) in [5.74, 6) is 0. The van der Waals surface area contributed by atoms with Gasteiger partial charge in [0.05, 0.1) is 79.1 Å². The quantitative estimate of drug-likeness (QED) is 0.218. The van der Waals surface area contributed by atoms with E-state index in [1.165, 1.54) is 0 Å². The van der Waals surface area contributed by atoms with Crippen molar-refractivity contribution < 1.29 is 28.4 Å². The van der Waals surface area contributed by atoms with Crippen LogP contribution in [0.2, 0.25) is 0 Å². The molecule has 1 aromatic heterocycles. The van der Waals surface area contributed by atoms with Crippen LogP contribution >= 0.6 is 0 Å². The number of aromatic nitrogens is 3. The van der Waals surface area contributed by atoms with E-state index in [1.807, 2.05) is 0 Å². The second kappa shape index (κ2) is 9.98. The number of epoxide rings is 3. The fraction of sp³-hybridized carbons (Fsp3) is 0.833. The fourth-order valence-electron chi connectivity index (χ4n) is 2.86. The van der Waals surface area contributed by atoms with Crippen LogP contribution in [-0.2, 0) is 48.1 Å². The molecule has 0 radical (unpaired) electrons. The van der Waals surface area contributed by atoms with Crippen molar-refractivity contribution in [3.05, 3.63) is 31.5 Å². The topological polar surface area (TPSA) is 131 Å². The molecule has 2 unspecified atom stereocenters. The summed E-state index contributed by atoms with van der Waals surface area (Å²) in [5.41, 5.74) is -2.02. The minimum atomic E-state index is -0.675. The van der Waals surface area contributed by atoms with Crippen molar-refractivity contribution in [2.24, 2.45) is 0 Å². The van der Waals surface area contributed by atoms with E-state index in [0.29, 0.717) is 39.6 Å². The third kappa shape index (κ3) is 6.09. The molecular formula is C18H27N3O9. The van der Waals surface area contributed by atoms with E-state index in [0.717, 1.165) is 13.7 Å². The summed E-state index contributed by atoms with van der Waals surface area (Å²) in [7, 11) is 0. The van der Waals surface area contributed by atoms with E-state index < -0.39 is 17.1 Å². The Balaban J connectivity index is 1.43. The number of hydrogen-bond donors (Lipinski definition) is 0. The normalized spacial score (nSPS) is 24.2. The average Bonchev–Trinajstić information content (AvgIpc) is 3.58. The Morgan fingerprint density at radius 2 is 0.867 bits per heavy atom. The van der Waals surface area contributed by atoms with Crippen LogP contribution in [0.4, 0.5) is 0 Å². The summed E-state index contributed by atoms with van der Waals surface area (Å²) < 4.78 is 34.6. The molecule has 0 aliphatic carbocycles. The molecule has 0 spiro atoms. The molecule has 4 rings (SSSR count). The summed E-state index contributed by atoms with van der Waals surface area (Å²) in [4.78, 5) is 38.3. The molecule has 4 heterocycles. The van der Waals surface area contributed by atoms with Gasteiger partial charge in [-0.15, -0.1) is 0 Å². The Morgan fingerprint density at radius 3 is 1.10 bits per heavy atom. The molecule has 0 amide bonds. The van der Waals surface area contributed by atoms with Crippen LogP contribution < -0.4 is 17.1 Å². The number of rotatable bonds is 15. The first-order chi connectivity index (χ1) is 14.6. The van der Waals surface area contributed by atoms with Gasteiger partial charge >= 0.3 is 17.1 Å². The zero-order valence-corrected chi connectivity index (χ0v) is 16.7. The summed E-state index contributed by atoms with van der Waals surface area (Å²) in [5, 5.41) is 0. The molecule has 168 valence electrons. The zero-order valence-electron chi connectivity index (χ0n) is 16.7. The van der Waals surface area contributed by atoms with Gasteiger partial charge in [-0.1, -0.05) is 0 Å². The first-order valence-electron chi connectivity index (χ1n) is 10.2. The summed E-state index contributed by atoms with van der Waals surface area (Å²) >= 11 is 0. The Morgan fingerprint density at radius 1 is 0.600 bits per heavy atom. The Hall–Kier alpha value is -1.83. The van der Waals surface area contributed by atoms with Crippen LogP contribution in [0, 0.1) is 0 Å². The standard InChI is InChI=1S/C18H27N3O9/c22-16-19(1-4-25-7-13-10-28-13)17(23)21(3-6-27-9-15-12-30-15)18(24)20(16)2-5-26-8-14-11-29-14/h13-15H,1-12H2/t13-,14?,15?/m1/s1. The first-order valence-corrected chi connectivity index (χ1v) is 10.2. The van der Waals surface area contributed by atoms with Crippen LogP contribution in [0.15, 0.2) is 14.4 Å². The highest BCUT2D eigenvalue weighted by atomic mass is 16.6. The predicted molar refractivity (Wildman–Crippen MR) is 101 cm³/mol. The van der Waals surface area contributed by atoms with E-state index >= 15 is 0 Å². The van der Waals surface area contributed by atoms with Crippen molar-refractivity contribution in [3.63, 3.8) is 0 Å². The van der Waals surface area contributed by atoms with Crippen LogP contribution in [0.3, 0.4) is 0 Å². The highest BCUT2D eigenvalue weighted by molar-refractivity contribution is 4.80. The summed E-state index contributed by atoms with van der Waals surface area (Å²) in [6.07, 6.45) is 0.271. The second-order valence-corrected chi connectivity index (χ2v) is 7.39. The van der Waals surface area contributed by atoms with Gasteiger partial charge in [0.1, 0.15) is 18.3 Å². The lowest BCUT2D eigenvalue weighted by Gasteiger charge is -2.14. The molecule has 3 fully saturated rings. The Kier molecular flexibility index (Phi) is 7.12. The molecule has 0 N–H and O–H groups in total. The van der Waals surface area contributed by atoms with Crippen molar-refractivity contribution in [2.45, 2.75) is 37.9 Å². The van der Waals surface area contributed by atoms with Gasteiger partial charge in [-0.05, 0) is 0 Å². The number of ether oxygens (including phenoxy) is 6. The molecule has 3 atom stereocenters. The van der Waals surface area contributed by atoms with Crippen molar-refractivity contribution in [2.75, 3.05) is 59.5 Å². The largest absolute Gasteiger partial charge is 0.377 e. The van der Waals surface area contributed by atoms with Gasteiger partial charge in [0.2, 0.25) is 0 Å². The third-order valence-electron chi connectivity index (χ3n) is 4.88. The van der Waals surface area contributed by atoms with Crippen LogP contribution in [0.25, 0.3) is 0 Å². The molecule has 12 nitrogen and oxygen atoms in total. The maximum Gasteiger partial charge on any atom is 0.336 e. The van der Waals surface area contributed by atoms with Crippen LogP contribution in [0.1, 0.15) is 0 Å². The van der Waals surface area contributed by atoms with E-state index in [-0.39, 0.29) is 57.8 Å². The van der Waals surface area contributed by atoms with E-state index in [4.69, 9.17) is 28.4 Å². The molecule has 12 heteroatoms. The molecule has 30 heavy (non-hydrogen) atoms. The smallest absolute Gasteiger partial charge is 0.336 e. The minimum absolute atomic E-state index is 0.0399. The van der Waals surface area contributed by atoms with Gasteiger partial charge in [-0.2, -0.15) is 0 Å². The van der Waals surface area contributed by atoms with Crippen LogP contribution in [-0.4, -0.2) is 91.5 Å². The molecule has 0 saturated carbocycles. The Bertz CT molecular complexity index is 736. The van der Waals surface area contributed by atoms with Gasteiger partial charge < -0.3 is 28.4 Å². The van der Waals surface area contributed by atoms with E-state index in [2.05, 4.69) is 0 Å². The molecule has 0 aromatic carbocycles. The third-order valence-corrected chi connectivity index (χ3v) is 4.88. The van der Waals surface area contributed by atoms with Crippen molar-refractivity contribution >= 4 is 0 Å². The molecule has 1 aromatic rings. The monoisotopic (exact) mass is 429 g/mol. The van der Waals surface area contributed by atoms with Gasteiger partial charge in [0.15, 0.2) is 0 Å². The lowest BCUT2D eigenvalue weighted by Crippen LogP contribution is -2.55. The molecular weight excluding hydrogens is 402 g/mol. The summed E-state index contributed by atoms with van der Waals surface area (Å²) in [6.45, 7) is 3.84. The van der Waals surface area contributed by atoms with Crippen LogP contribution in [0.5, 0.6) is 0 Å². The fourth-order valence-corrected chi connectivity index (χ4v) is 2.86. The highest BCUT2D eigenvalue weighted by Crippen LogP contribution is 2.09. The Labute approximate surface area is 171 Å². The van der Waals surface area contributed by atoms with Crippen molar-refractivity contribution in [1.29, 1.82) is 0 Å². The van der Waals surface area contributed by atoms with Crippen molar-refractivity contribution in [3.8, 4) is 0 Å². The van der Waals surface area contributed by atoms with Gasteiger partial charge in [-0.25, -0.2) is 28.1 Å². The first kappa shape index (κ1) is 21.4. The van der Waals surface area contributed by atoms with E-state index in [1.54, 1.807) is 0 Å². The molecule has 3 aliphatic heterocycles. The van der Waals surface area contributed by atoms with Gasteiger partial charge in [0.25, 0.3) is 0 Å². The maximum absolute atomic E-state index is 12.8. The molecule has 3 saturated heterocycles.